The highest BCUT2D eigenvalue weighted by Gasteiger charge is 2.08. The number of benzene rings is 2. The molecule has 0 spiro atoms. The number of fused-ring (bicyclic) bond motifs is 1. The Bertz CT molecular complexity index is 824. The van der Waals surface area contributed by atoms with Crippen molar-refractivity contribution in [3.8, 4) is 17.6 Å². The van der Waals surface area contributed by atoms with Crippen molar-refractivity contribution >= 4 is 22.5 Å². The Labute approximate surface area is 121 Å². The first kappa shape index (κ1) is 12.5. The molecule has 0 fully saturated rings. The van der Waals surface area contributed by atoms with Crippen molar-refractivity contribution in [3.05, 3.63) is 65.3 Å². The van der Waals surface area contributed by atoms with Gasteiger partial charge in [0.1, 0.15) is 11.3 Å². The number of hydrogen-bond acceptors (Lipinski definition) is 3. The van der Waals surface area contributed by atoms with Crippen LogP contribution in [0.2, 0.25) is 5.02 Å². The Morgan fingerprint density at radius 3 is 2.85 bits per heavy atom. The van der Waals surface area contributed by atoms with Crippen LogP contribution in [-0.2, 0) is 0 Å². The Hall–Kier alpha value is -2.57. The Balaban J connectivity index is 2.07. The molecule has 0 N–H and O–H groups in total. The second kappa shape index (κ2) is 5.20. The number of halogens is 1. The van der Waals surface area contributed by atoms with Gasteiger partial charge in [0, 0.05) is 11.6 Å². The normalized spacial score (nSPS) is 10.2. The maximum absolute atomic E-state index is 8.90. The number of rotatable bonds is 2. The number of hydrogen-bond donors (Lipinski definition) is 0. The van der Waals surface area contributed by atoms with E-state index in [4.69, 9.17) is 21.6 Å². The number of nitriles is 1. The summed E-state index contributed by atoms with van der Waals surface area (Å²) in [5, 5.41) is 10.4. The summed E-state index contributed by atoms with van der Waals surface area (Å²) in [5.74, 6) is 1.21. The minimum absolute atomic E-state index is 0.550. The largest absolute Gasteiger partial charge is 0.455 e. The van der Waals surface area contributed by atoms with Gasteiger partial charge in [0.05, 0.1) is 16.7 Å². The molecule has 0 saturated carbocycles. The van der Waals surface area contributed by atoms with Crippen LogP contribution < -0.4 is 4.74 Å². The molecule has 2 aromatic carbocycles. The van der Waals surface area contributed by atoms with Gasteiger partial charge >= 0.3 is 0 Å². The van der Waals surface area contributed by atoms with Gasteiger partial charge in [-0.15, -0.1) is 0 Å². The van der Waals surface area contributed by atoms with Gasteiger partial charge in [0.15, 0.2) is 5.75 Å². The van der Waals surface area contributed by atoms with Crippen molar-refractivity contribution in [2.75, 3.05) is 0 Å². The van der Waals surface area contributed by atoms with E-state index in [9.17, 15) is 0 Å². The van der Waals surface area contributed by atoms with Crippen molar-refractivity contribution in [3.63, 3.8) is 0 Å². The van der Waals surface area contributed by atoms with Gasteiger partial charge < -0.3 is 4.74 Å². The smallest absolute Gasteiger partial charge is 0.153 e. The highest BCUT2D eigenvalue weighted by molar-refractivity contribution is 6.35. The third kappa shape index (κ3) is 2.29. The molecule has 4 heteroatoms. The van der Waals surface area contributed by atoms with Crippen LogP contribution in [0.3, 0.4) is 0 Å². The molecule has 96 valence electrons. The van der Waals surface area contributed by atoms with E-state index in [1.54, 1.807) is 42.6 Å². The second-order valence-electron chi connectivity index (χ2n) is 4.19. The molecular weight excluding hydrogens is 272 g/mol. The topological polar surface area (TPSA) is 45.9 Å². The van der Waals surface area contributed by atoms with Gasteiger partial charge in [0.2, 0.25) is 0 Å². The van der Waals surface area contributed by atoms with Crippen molar-refractivity contribution in [2.24, 2.45) is 0 Å². The van der Waals surface area contributed by atoms with Crippen molar-refractivity contribution in [1.29, 1.82) is 5.26 Å². The summed E-state index contributed by atoms with van der Waals surface area (Å²) in [7, 11) is 0. The van der Waals surface area contributed by atoms with Crippen molar-refractivity contribution in [2.45, 2.75) is 0 Å². The van der Waals surface area contributed by atoms with Crippen LogP contribution in [0.25, 0.3) is 10.9 Å². The van der Waals surface area contributed by atoms with Gasteiger partial charge in [-0.1, -0.05) is 17.7 Å². The minimum atomic E-state index is 0.550. The highest BCUT2D eigenvalue weighted by atomic mass is 35.5. The van der Waals surface area contributed by atoms with E-state index in [0.717, 1.165) is 5.39 Å². The zero-order valence-corrected chi connectivity index (χ0v) is 11.1. The summed E-state index contributed by atoms with van der Waals surface area (Å²) in [6, 6.07) is 16.3. The van der Waals surface area contributed by atoms with E-state index in [0.29, 0.717) is 27.6 Å². The predicted molar refractivity (Wildman–Crippen MR) is 78.0 cm³/mol. The highest BCUT2D eigenvalue weighted by Crippen LogP contribution is 2.32. The summed E-state index contributed by atoms with van der Waals surface area (Å²) in [5.41, 5.74) is 1.25. The van der Waals surface area contributed by atoms with E-state index in [1.807, 2.05) is 12.1 Å². The molecule has 0 aliphatic rings. The molecule has 3 nitrogen and oxygen atoms in total. The fourth-order valence-electron chi connectivity index (χ4n) is 1.95. The van der Waals surface area contributed by atoms with Gasteiger partial charge in [-0.3, -0.25) is 4.98 Å². The molecule has 0 saturated heterocycles. The van der Waals surface area contributed by atoms with Gasteiger partial charge in [-0.05, 0) is 42.5 Å². The van der Waals surface area contributed by atoms with Gasteiger partial charge in [-0.2, -0.15) is 5.26 Å². The first-order chi connectivity index (χ1) is 9.78. The van der Waals surface area contributed by atoms with Crippen LogP contribution in [0.5, 0.6) is 11.5 Å². The molecule has 0 atom stereocenters. The van der Waals surface area contributed by atoms with E-state index in [2.05, 4.69) is 11.1 Å². The number of pyridine rings is 1. The first-order valence-electron chi connectivity index (χ1n) is 5.99. The molecule has 0 unspecified atom stereocenters. The van der Waals surface area contributed by atoms with Gasteiger partial charge in [-0.25, -0.2) is 0 Å². The SMILES string of the molecule is N#Cc1cccc(Oc2ccc(Cl)c3cccnc23)c1. The molecule has 1 aromatic heterocycles. The van der Waals surface area contributed by atoms with Crippen molar-refractivity contribution < 1.29 is 4.74 Å². The molecule has 0 radical (unpaired) electrons. The zero-order valence-electron chi connectivity index (χ0n) is 10.4. The first-order valence-corrected chi connectivity index (χ1v) is 6.37. The van der Waals surface area contributed by atoms with Crippen LogP contribution >= 0.6 is 11.6 Å². The summed E-state index contributed by atoms with van der Waals surface area (Å²) in [6.45, 7) is 0. The Kier molecular flexibility index (Phi) is 3.24. The molecule has 20 heavy (non-hydrogen) atoms. The fraction of sp³-hybridized carbons (Fsp3) is 0. The molecule has 0 amide bonds. The molecule has 3 rings (SSSR count). The quantitative estimate of drug-likeness (QED) is 0.691. The molecule has 3 aromatic rings. The lowest BCUT2D eigenvalue weighted by Gasteiger charge is -2.09. The van der Waals surface area contributed by atoms with E-state index in [1.165, 1.54) is 0 Å². The zero-order chi connectivity index (χ0) is 13.9. The molecule has 0 bridgehead atoms. The van der Waals surface area contributed by atoms with Crippen LogP contribution in [-0.4, -0.2) is 4.98 Å². The van der Waals surface area contributed by atoms with E-state index < -0.39 is 0 Å². The summed E-state index contributed by atoms with van der Waals surface area (Å²) in [4.78, 5) is 4.31. The average molecular weight is 281 g/mol. The van der Waals surface area contributed by atoms with Gasteiger partial charge in [0.25, 0.3) is 0 Å². The summed E-state index contributed by atoms with van der Waals surface area (Å²) in [6.07, 6.45) is 1.69. The third-order valence-corrected chi connectivity index (χ3v) is 3.20. The van der Waals surface area contributed by atoms with Crippen LogP contribution in [0.1, 0.15) is 5.56 Å². The van der Waals surface area contributed by atoms with Crippen LogP contribution in [0.15, 0.2) is 54.7 Å². The van der Waals surface area contributed by atoms with Crippen LogP contribution in [0, 0.1) is 11.3 Å². The van der Waals surface area contributed by atoms with E-state index in [-0.39, 0.29) is 0 Å². The maximum atomic E-state index is 8.90. The number of nitrogens with zero attached hydrogens (tertiary/aromatic N) is 2. The Morgan fingerprint density at radius 1 is 1.10 bits per heavy atom. The second-order valence-corrected chi connectivity index (χ2v) is 4.59. The lowest BCUT2D eigenvalue weighted by Crippen LogP contribution is -1.89. The standard InChI is InChI=1S/C16H9ClN2O/c17-14-6-7-15(16-13(14)5-2-8-19-16)20-12-4-1-3-11(9-12)10-18/h1-9H. The molecular formula is C16H9ClN2O. The summed E-state index contributed by atoms with van der Waals surface area (Å²) < 4.78 is 5.82. The molecule has 1 heterocycles. The van der Waals surface area contributed by atoms with Crippen molar-refractivity contribution in [1.82, 2.24) is 4.98 Å². The summed E-state index contributed by atoms with van der Waals surface area (Å²) >= 11 is 6.14. The predicted octanol–water partition coefficient (Wildman–Crippen LogP) is 4.55. The molecule has 0 aliphatic carbocycles. The maximum Gasteiger partial charge on any atom is 0.153 e. The van der Waals surface area contributed by atoms with E-state index >= 15 is 0 Å². The monoisotopic (exact) mass is 280 g/mol. The number of ether oxygens (including phenoxy) is 1. The average Bonchev–Trinajstić information content (AvgIpc) is 2.51. The number of aromatic nitrogens is 1. The molecule has 0 aliphatic heterocycles. The third-order valence-electron chi connectivity index (χ3n) is 2.87. The lowest BCUT2D eigenvalue weighted by atomic mass is 10.2. The Morgan fingerprint density at radius 2 is 2.00 bits per heavy atom. The fourth-order valence-corrected chi connectivity index (χ4v) is 2.17. The lowest BCUT2D eigenvalue weighted by molar-refractivity contribution is 0.487. The minimum Gasteiger partial charge on any atom is -0.455 e. The van der Waals surface area contributed by atoms with Crippen LogP contribution in [0.4, 0.5) is 0 Å².